The van der Waals surface area contributed by atoms with Crippen molar-refractivity contribution in [3.8, 4) is 0 Å². The largest absolute Gasteiger partial charge is 0.472 e. The first-order valence-electron chi connectivity index (χ1n) is 31.6. The van der Waals surface area contributed by atoms with E-state index in [1.165, 1.54) is 225 Å². The van der Waals surface area contributed by atoms with Gasteiger partial charge in [-0.15, -0.1) is 0 Å². The van der Waals surface area contributed by atoms with Gasteiger partial charge in [-0.25, -0.2) is 4.57 Å². The molecule has 0 aromatic carbocycles. The van der Waals surface area contributed by atoms with Gasteiger partial charge in [0.2, 0.25) is 0 Å². The molecule has 74 heavy (non-hydrogen) atoms. The van der Waals surface area contributed by atoms with Gasteiger partial charge in [-0.05, 0) is 51.4 Å². The molecule has 0 aromatic rings. The van der Waals surface area contributed by atoms with Gasteiger partial charge in [0.05, 0.1) is 13.2 Å². The van der Waals surface area contributed by atoms with Crippen molar-refractivity contribution in [1.82, 2.24) is 0 Å². The number of esters is 2. The molecular formula is C64H120NO8P. The summed E-state index contributed by atoms with van der Waals surface area (Å²) in [6, 6.07) is 0. The van der Waals surface area contributed by atoms with E-state index in [2.05, 4.69) is 62.5 Å². The number of allylic oxidation sites excluding steroid dienone is 8. The maximum absolute atomic E-state index is 12.7. The SMILES string of the molecule is CC/C=C\C/C=C\C/C=C\C/C=C\CCCCCCCCCCCCCCCCCCCCCCCCC(=O)OC(COC(=O)CCCCCCCCCCCCCCCCCCCC)COP(=O)(O)OCCN. The highest BCUT2D eigenvalue weighted by atomic mass is 31.2. The Morgan fingerprint density at radius 1 is 0.419 bits per heavy atom. The molecule has 9 nitrogen and oxygen atoms in total. The van der Waals surface area contributed by atoms with Gasteiger partial charge >= 0.3 is 19.8 Å². The standard InChI is InChI=1S/C64H120NO8P/c1-3-5-7-9-11-13-15-17-19-21-23-24-25-26-27-28-29-30-31-32-33-34-35-36-37-38-39-41-43-45-47-49-51-53-55-57-64(67)73-62(61-72-74(68,69)71-59-58-65)60-70-63(66)56-54-52-50-48-46-44-42-40-22-20-18-16-14-12-10-8-6-4-2/h5,7,11,13,17,19,23-24,62H,3-4,6,8-10,12,14-16,18,20-22,25-61,65H2,1-2H3,(H,68,69)/b7-5-,13-11-,19-17-,24-23-. The number of carbonyl (C=O) groups excluding carboxylic acids is 2. The molecular weight excluding hydrogens is 942 g/mol. The van der Waals surface area contributed by atoms with Crippen LogP contribution in [0.4, 0.5) is 0 Å². The summed E-state index contributed by atoms with van der Waals surface area (Å²) in [4.78, 5) is 35.2. The zero-order valence-electron chi connectivity index (χ0n) is 48.6. The van der Waals surface area contributed by atoms with Gasteiger partial charge in [0.25, 0.3) is 0 Å². The van der Waals surface area contributed by atoms with Crippen LogP contribution >= 0.6 is 7.82 Å². The molecule has 0 fully saturated rings. The number of rotatable bonds is 60. The smallest absolute Gasteiger partial charge is 0.462 e. The highest BCUT2D eigenvalue weighted by molar-refractivity contribution is 7.47. The van der Waals surface area contributed by atoms with E-state index in [4.69, 9.17) is 24.3 Å². The molecule has 0 radical (unpaired) electrons. The molecule has 0 spiro atoms. The van der Waals surface area contributed by atoms with E-state index in [9.17, 15) is 19.0 Å². The Bertz CT molecular complexity index is 1350. The van der Waals surface area contributed by atoms with Crippen LogP contribution in [0.3, 0.4) is 0 Å². The maximum Gasteiger partial charge on any atom is 0.472 e. The highest BCUT2D eigenvalue weighted by Gasteiger charge is 2.26. The first-order chi connectivity index (χ1) is 36.3. The summed E-state index contributed by atoms with van der Waals surface area (Å²) in [5.74, 6) is -0.808. The van der Waals surface area contributed by atoms with Crippen LogP contribution in [0.15, 0.2) is 48.6 Å². The average molecular weight is 1060 g/mol. The number of hydrogen-bond acceptors (Lipinski definition) is 8. The molecule has 3 N–H and O–H groups in total. The summed E-state index contributed by atoms with van der Waals surface area (Å²) in [5, 5.41) is 0. The summed E-state index contributed by atoms with van der Waals surface area (Å²) in [6.45, 7) is 3.69. The highest BCUT2D eigenvalue weighted by Crippen LogP contribution is 2.43. The fourth-order valence-corrected chi connectivity index (χ4v) is 10.1. The summed E-state index contributed by atoms with van der Waals surface area (Å²) < 4.78 is 33.1. The second kappa shape index (κ2) is 60.2. The predicted octanol–water partition coefficient (Wildman–Crippen LogP) is 20.1. The third-order valence-electron chi connectivity index (χ3n) is 14.0. The second-order valence-electron chi connectivity index (χ2n) is 21.3. The minimum Gasteiger partial charge on any atom is -0.462 e. The molecule has 0 aliphatic rings. The van der Waals surface area contributed by atoms with Gasteiger partial charge in [0.15, 0.2) is 6.10 Å². The number of carbonyl (C=O) groups is 2. The lowest BCUT2D eigenvalue weighted by atomic mass is 10.0. The van der Waals surface area contributed by atoms with Crippen LogP contribution in [0, 0.1) is 0 Å². The third kappa shape index (κ3) is 59.2. The minimum atomic E-state index is -4.38. The molecule has 10 heteroatoms. The zero-order valence-corrected chi connectivity index (χ0v) is 49.5. The number of phosphoric ester groups is 1. The Hall–Kier alpha value is -2.03. The van der Waals surface area contributed by atoms with Crippen LogP contribution in [0.1, 0.15) is 316 Å². The van der Waals surface area contributed by atoms with Crippen LogP contribution in [-0.4, -0.2) is 49.3 Å². The predicted molar refractivity (Wildman–Crippen MR) is 317 cm³/mol. The lowest BCUT2D eigenvalue weighted by Gasteiger charge is -2.19. The van der Waals surface area contributed by atoms with Crippen molar-refractivity contribution in [3.05, 3.63) is 48.6 Å². The Morgan fingerprint density at radius 2 is 0.743 bits per heavy atom. The van der Waals surface area contributed by atoms with Crippen LogP contribution in [0.2, 0.25) is 0 Å². The van der Waals surface area contributed by atoms with Crippen LogP contribution < -0.4 is 5.73 Å². The number of nitrogens with two attached hydrogens (primary N) is 1. The molecule has 2 atom stereocenters. The molecule has 0 saturated carbocycles. The van der Waals surface area contributed by atoms with Crippen molar-refractivity contribution in [1.29, 1.82) is 0 Å². The third-order valence-corrected chi connectivity index (χ3v) is 15.0. The van der Waals surface area contributed by atoms with Gasteiger partial charge in [-0.3, -0.25) is 18.6 Å². The molecule has 434 valence electrons. The maximum atomic E-state index is 12.7. The van der Waals surface area contributed by atoms with Crippen molar-refractivity contribution in [2.24, 2.45) is 5.73 Å². The number of unbranched alkanes of at least 4 members (excludes halogenated alkanes) is 39. The lowest BCUT2D eigenvalue weighted by molar-refractivity contribution is -0.161. The van der Waals surface area contributed by atoms with Crippen molar-refractivity contribution >= 4 is 19.8 Å². The molecule has 0 rings (SSSR count). The fourth-order valence-electron chi connectivity index (χ4n) is 9.34. The van der Waals surface area contributed by atoms with Crippen LogP contribution in [0.5, 0.6) is 0 Å². The van der Waals surface area contributed by atoms with E-state index >= 15 is 0 Å². The lowest BCUT2D eigenvalue weighted by Crippen LogP contribution is -2.29. The molecule has 0 aromatic heterocycles. The summed E-state index contributed by atoms with van der Waals surface area (Å²) in [5.41, 5.74) is 5.39. The van der Waals surface area contributed by atoms with Crippen molar-refractivity contribution in [3.63, 3.8) is 0 Å². The summed E-state index contributed by atoms with van der Waals surface area (Å²) in [6.07, 6.45) is 74.8. The topological polar surface area (TPSA) is 134 Å². The van der Waals surface area contributed by atoms with Gasteiger partial charge < -0.3 is 20.1 Å². The monoisotopic (exact) mass is 1060 g/mol. The Kier molecular flexibility index (Phi) is 58.6. The van der Waals surface area contributed by atoms with Crippen molar-refractivity contribution < 1.29 is 37.6 Å². The van der Waals surface area contributed by atoms with Crippen molar-refractivity contribution in [2.75, 3.05) is 26.4 Å². The molecule has 0 amide bonds. The normalized spacial score (nSPS) is 13.3. The van der Waals surface area contributed by atoms with E-state index in [1.807, 2.05) is 0 Å². The molecule has 2 unspecified atom stereocenters. The van der Waals surface area contributed by atoms with E-state index < -0.39 is 26.5 Å². The van der Waals surface area contributed by atoms with Crippen LogP contribution in [0.25, 0.3) is 0 Å². The van der Waals surface area contributed by atoms with Gasteiger partial charge in [-0.2, -0.15) is 0 Å². The number of hydrogen-bond donors (Lipinski definition) is 2. The average Bonchev–Trinajstić information content (AvgIpc) is 3.39. The summed E-state index contributed by atoms with van der Waals surface area (Å²) >= 11 is 0. The Labute approximate surface area is 457 Å². The molecule has 0 heterocycles. The molecule has 0 aliphatic heterocycles. The summed E-state index contributed by atoms with van der Waals surface area (Å²) in [7, 11) is -4.38. The number of ether oxygens (including phenoxy) is 2. The van der Waals surface area contributed by atoms with E-state index in [0.29, 0.717) is 6.42 Å². The van der Waals surface area contributed by atoms with E-state index in [0.717, 1.165) is 57.8 Å². The zero-order chi connectivity index (χ0) is 53.8. The first kappa shape index (κ1) is 72.0. The second-order valence-corrected chi connectivity index (χ2v) is 22.7. The molecule has 0 bridgehead atoms. The van der Waals surface area contributed by atoms with Gasteiger partial charge in [0, 0.05) is 19.4 Å². The quantitative estimate of drug-likeness (QED) is 0.0264. The van der Waals surface area contributed by atoms with Gasteiger partial charge in [0.1, 0.15) is 6.61 Å². The minimum absolute atomic E-state index is 0.0560. The first-order valence-corrected chi connectivity index (χ1v) is 33.1. The molecule has 0 aliphatic carbocycles. The van der Waals surface area contributed by atoms with Gasteiger partial charge in [-0.1, -0.05) is 300 Å². The molecule has 0 saturated heterocycles. The number of phosphoric acid groups is 1. The van der Waals surface area contributed by atoms with Crippen molar-refractivity contribution in [2.45, 2.75) is 322 Å². The van der Waals surface area contributed by atoms with E-state index in [-0.39, 0.29) is 38.6 Å². The Balaban J connectivity index is 3.82. The Morgan fingerprint density at radius 3 is 1.11 bits per heavy atom. The van der Waals surface area contributed by atoms with Crippen LogP contribution in [-0.2, 0) is 32.7 Å². The fraction of sp³-hybridized carbons (Fsp3) is 0.844. The van der Waals surface area contributed by atoms with E-state index in [1.54, 1.807) is 0 Å².